The maximum absolute atomic E-state index is 12.9. The molecule has 1 fully saturated rings. The molecule has 1 aromatic rings. The van der Waals surface area contributed by atoms with Crippen LogP contribution in [-0.2, 0) is 4.79 Å². The number of carbonyl (C=O) groups is 2. The molecule has 6 heteroatoms. The highest BCUT2D eigenvalue weighted by Crippen LogP contribution is 2.14. The molecule has 2 rings (SSSR count). The lowest BCUT2D eigenvalue weighted by molar-refractivity contribution is -0.135. The summed E-state index contributed by atoms with van der Waals surface area (Å²) >= 11 is 0. The summed E-state index contributed by atoms with van der Waals surface area (Å²) in [6.45, 7) is 7.28. The van der Waals surface area contributed by atoms with Crippen molar-refractivity contribution in [2.75, 3.05) is 40.3 Å². The zero-order chi connectivity index (χ0) is 18.4. The summed E-state index contributed by atoms with van der Waals surface area (Å²) in [6.07, 6.45) is 0.632. The molecule has 138 valence electrons. The van der Waals surface area contributed by atoms with Crippen LogP contribution in [0.5, 0.6) is 5.75 Å². The molecule has 25 heavy (non-hydrogen) atoms. The van der Waals surface area contributed by atoms with Gasteiger partial charge in [-0.2, -0.15) is 0 Å². The van der Waals surface area contributed by atoms with Crippen molar-refractivity contribution in [1.82, 2.24) is 15.1 Å². The Bertz CT molecular complexity index is 578. The number of piperazine rings is 1. The molecule has 1 N–H and O–H groups in total. The number of methoxy groups -OCH3 is 1. The average Bonchev–Trinajstić information content (AvgIpc) is 2.61. The lowest BCUT2D eigenvalue weighted by Gasteiger charge is -2.35. The average molecular weight is 347 g/mol. The number of nitrogens with one attached hydrogen (secondary N) is 1. The number of hydrogen-bond acceptors (Lipinski definition) is 4. The number of amides is 2. The van der Waals surface area contributed by atoms with Gasteiger partial charge in [0.25, 0.3) is 5.91 Å². The maximum Gasteiger partial charge on any atom is 0.251 e. The van der Waals surface area contributed by atoms with E-state index in [0.29, 0.717) is 36.7 Å². The van der Waals surface area contributed by atoms with Crippen molar-refractivity contribution in [3.8, 4) is 5.75 Å². The van der Waals surface area contributed by atoms with Crippen LogP contribution in [0.1, 0.15) is 30.6 Å². The highest BCUT2D eigenvalue weighted by atomic mass is 16.5. The van der Waals surface area contributed by atoms with Crippen LogP contribution in [-0.4, -0.2) is 68.0 Å². The Kier molecular flexibility index (Phi) is 6.82. The monoisotopic (exact) mass is 347 g/mol. The van der Waals surface area contributed by atoms with E-state index in [9.17, 15) is 9.59 Å². The third kappa shape index (κ3) is 5.46. The summed E-state index contributed by atoms with van der Waals surface area (Å²) in [5.41, 5.74) is 0.528. The van der Waals surface area contributed by atoms with Crippen LogP contribution in [0.3, 0.4) is 0 Å². The Morgan fingerprint density at radius 2 is 1.72 bits per heavy atom. The SMILES string of the molecule is COc1ccc(C(=O)N[C@H](CC(C)C)C(=O)N2CCN(C)CC2)cc1. The molecule has 0 saturated carbocycles. The Morgan fingerprint density at radius 1 is 1.12 bits per heavy atom. The van der Waals surface area contributed by atoms with Gasteiger partial charge in [-0.3, -0.25) is 9.59 Å². The number of likely N-dealkylation sites (N-methyl/N-ethyl adjacent to an activating group) is 1. The smallest absolute Gasteiger partial charge is 0.251 e. The van der Waals surface area contributed by atoms with Crippen LogP contribution >= 0.6 is 0 Å². The van der Waals surface area contributed by atoms with Crippen LogP contribution in [0.25, 0.3) is 0 Å². The Hall–Kier alpha value is -2.08. The topological polar surface area (TPSA) is 61.9 Å². The van der Waals surface area contributed by atoms with Gasteiger partial charge in [0.15, 0.2) is 0 Å². The van der Waals surface area contributed by atoms with Gasteiger partial charge in [-0.05, 0) is 43.7 Å². The van der Waals surface area contributed by atoms with Gasteiger partial charge >= 0.3 is 0 Å². The van der Waals surface area contributed by atoms with Crippen molar-refractivity contribution in [1.29, 1.82) is 0 Å². The van der Waals surface area contributed by atoms with Gasteiger partial charge in [0.1, 0.15) is 11.8 Å². The molecule has 0 radical (unpaired) electrons. The van der Waals surface area contributed by atoms with Crippen molar-refractivity contribution in [2.24, 2.45) is 5.92 Å². The van der Waals surface area contributed by atoms with Gasteiger partial charge in [0.2, 0.25) is 5.91 Å². The normalized spacial score (nSPS) is 16.6. The lowest BCUT2D eigenvalue weighted by atomic mass is 10.0. The van der Waals surface area contributed by atoms with Gasteiger partial charge in [0.05, 0.1) is 7.11 Å². The van der Waals surface area contributed by atoms with E-state index in [0.717, 1.165) is 13.1 Å². The summed E-state index contributed by atoms with van der Waals surface area (Å²) in [7, 11) is 3.64. The quantitative estimate of drug-likeness (QED) is 0.849. The van der Waals surface area contributed by atoms with E-state index < -0.39 is 6.04 Å². The predicted molar refractivity (Wildman–Crippen MR) is 97.8 cm³/mol. The van der Waals surface area contributed by atoms with E-state index in [1.165, 1.54) is 0 Å². The van der Waals surface area contributed by atoms with Crippen molar-refractivity contribution in [3.63, 3.8) is 0 Å². The van der Waals surface area contributed by atoms with Gasteiger partial charge in [0, 0.05) is 31.7 Å². The first-order valence-corrected chi connectivity index (χ1v) is 8.83. The number of rotatable bonds is 6. The highest BCUT2D eigenvalue weighted by molar-refractivity contribution is 5.97. The van der Waals surface area contributed by atoms with E-state index in [1.807, 2.05) is 4.90 Å². The summed E-state index contributed by atoms with van der Waals surface area (Å²) in [5, 5.41) is 2.93. The Labute approximate surface area is 150 Å². The van der Waals surface area contributed by atoms with Gasteiger partial charge in [-0.15, -0.1) is 0 Å². The predicted octanol–water partition coefficient (Wildman–Crippen LogP) is 1.61. The van der Waals surface area contributed by atoms with Crippen LogP contribution in [0, 0.1) is 5.92 Å². The summed E-state index contributed by atoms with van der Waals surface area (Å²) in [4.78, 5) is 29.5. The van der Waals surface area contributed by atoms with Crippen molar-refractivity contribution < 1.29 is 14.3 Å². The molecule has 1 saturated heterocycles. The molecule has 0 aliphatic carbocycles. The lowest BCUT2D eigenvalue weighted by Crippen LogP contribution is -2.54. The van der Waals surface area contributed by atoms with E-state index in [4.69, 9.17) is 4.74 Å². The first kappa shape index (κ1) is 19.2. The van der Waals surface area contributed by atoms with Gasteiger partial charge < -0.3 is 19.9 Å². The fourth-order valence-corrected chi connectivity index (χ4v) is 2.92. The molecule has 1 heterocycles. The molecule has 1 aliphatic heterocycles. The molecule has 0 unspecified atom stereocenters. The second-order valence-electron chi connectivity index (χ2n) is 7.01. The molecule has 1 atom stereocenters. The summed E-state index contributed by atoms with van der Waals surface area (Å²) in [5.74, 6) is 0.806. The molecule has 1 aromatic carbocycles. The van der Waals surface area contributed by atoms with E-state index in [-0.39, 0.29) is 11.8 Å². The van der Waals surface area contributed by atoms with E-state index >= 15 is 0 Å². The standard InChI is InChI=1S/C19H29N3O3/c1-14(2)13-17(19(24)22-11-9-21(3)10-12-22)20-18(23)15-5-7-16(25-4)8-6-15/h5-8,14,17H,9-13H2,1-4H3,(H,20,23)/t17-/m1/s1. The third-order valence-electron chi connectivity index (χ3n) is 4.48. The highest BCUT2D eigenvalue weighted by Gasteiger charge is 2.28. The van der Waals surface area contributed by atoms with Crippen molar-refractivity contribution in [2.45, 2.75) is 26.3 Å². The molecular weight excluding hydrogens is 318 g/mol. The van der Waals surface area contributed by atoms with Crippen LogP contribution in [0.15, 0.2) is 24.3 Å². The number of benzene rings is 1. The molecule has 2 amide bonds. The fourth-order valence-electron chi connectivity index (χ4n) is 2.92. The van der Waals surface area contributed by atoms with Gasteiger partial charge in [-0.25, -0.2) is 0 Å². The Morgan fingerprint density at radius 3 is 2.24 bits per heavy atom. The summed E-state index contributed by atoms with van der Waals surface area (Å²) in [6, 6.07) is 6.42. The molecule has 6 nitrogen and oxygen atoms in total. The van der Waals surface area contributed by atoms with E-state index in [2.05, 4.69) is 31.1 Å². The number of nitrogens with zero attached hydrogens (tertiary/aromatic N) is 2. The summed E-state index contributed by atoms with van der Waals surface area (Å²) < 4.78 is 5.11. The zero-order valence-corrected chi connectivity index (χ0v) is 15.6. The minimum absolute atomic E-state index is 0.0173. The molecule has 1 aliphatic rings. The second kappa shape index (κ2) is 8.85. The molecular formula is C19H29N3O3. The van der Waals surface area contributed by atoms with E-state index in [1.54, 1.807) is 31.4 Å². The minimum Gasteiger partial charge on any atom is -0.497 e. The number of carbonyl (C=O) groups excluding carboxylic acids is 2. The van der Waals surface area contributed by atoms with Crippen molar-refractivity contribution in [3.05, 3.63) is 29.8 Å². The second-order valence-corrected chi connectivity index (χ2v) is 7.01. The van der Waals surface area contributed by atoms with Crippen LogP contribution in [0.2, 0.25) is 0 Å². The van der Waals surface area contributed by atoms with Crippen LogP contribution in [0.4, 0.5) is 0 Å². The molecule has 0 bridgehead atoms. The van der Waals surface area contributed by atoms with Gasteiger partial charge in [-0.1, -0.05) is 13.8 Å². The molecule has 0 aromatic heterocycles. The third-order valence-corrected chi connectivity index (χ3v) is 4.48. The first-order valence-electron chi connectivity index (χ1n) is 8.83. The molecule has 0 spiro atoms. The fraction of sp³-hybridized carbons (Fsp3) is 0.579. The minimum atomic E-state index is -0.488. The zero-order valence-electron chi connectivity index (χ0n) is 15.6. The number of ether oxygens (including phenoxy) is 1. The maximum atomic E-state index is 12.9. The van der Waals surface area contributed by atoms with Crippen LogP contribution < -0.4 is 10.1 Å². The first-order chi connectivity index (χ1) is 11.9. The largest absolute Gasteiger partial charge is 0.497 e. The number of hydrogen-bond donors (Lipinski definition) is 1. The Balaban J connectivity index is 2.05. The van der Waals surface area contributed by atoms with Crippen molar-refractivity contribution >= 4 is 11.8 Å².